The first kappa shape index (κ1) is 16.6. The number of pyridine rings is 1. The van der Waals surface area contributed by atoms with Gasteiger partial charge in [0.2, 0.25) is 0 Å². The molecule has 1 rings (SSSR count). The van der Waals surface area contributed by atoms with Crippen LogP contribution in [-0.4, -0.2) is 4.98 Å². The van der Waals surface area contributed by atoms with E-state index in [1.54, 1.807) is 6.08 Å². The van der Waals surface area contributed by atoms with E-state index in [1.165, 1.54) is 0 Å². The molecule has 1 heterocycles. The number of aromatic nitrogens is 1. The van der Waals surface area contributed by atoms with Gasteiger partial charge in [0.1, 0.15) is 0 Å². The molecule has 0 fully saturated rings. The lowest BCUT2D eigenvalue weighted by molar-refractivity contribution is 0.413. The number of hydrogen-bond donors (Lipinski definition) is 0. The van der Waals surface area contributed by atoms with Gasteiger partial charge in [-0.25, -0.2) is 0 Å². The molecular formula is C17H27N. The maximum atomic E-state index is 4.60. The zero-order valence-electron chi connectivity index (χ0n) is 12.5. The standard InChI is InChI=1S/C15H21N.C2H6/c1-6-13-8-9-14(16-15(13)7-2)10-12(5)11(3)4;1-2/h6-9,11-12H,1-2,10H2,3-5H3;1-2H3. The van der Waals surface area contributed by atoms with Crippen LogP contribution in [-0.2, 0) is 6.42 Å². The average Bonchev–Trinajstić information content (AvgIpc) is 2.40. The van der Waals surface area contributed by atoms with Crippen LogP contribution in [0, 0.1) is 11.8 Å². The van der Waals surface area contributed by atoms with Crippen LogP contribution in [0.4, 0.5) is 0 Å². The van der Waals surface area contributed by atoms with E-state index in [0.717, 1.165) is 23.4 Å². The summed E-state index contributed by atoms with van der Waals surface area (Å²) in [5, 5.41) is 0. The second-order valence-corrected chi connectivity index (χ2v) is 4.61. The summed E-state index contributed by atoms with van der Waals surface area (Å²) >= 11 is 0. The van der Waals surface area contributed by atoms with E-state index in [1.807, 2.05) is 19.9 Å². The number of hydrogen-bond acceptors (Lipinski definition) is 1. The first-order chi connectivity index (χ1) is 8.58. The molecule has 0 spiro atoms. The average molecular weight is 245 g/mol. The van der Waals surface area contributed by atoms with Crippen molar-refractivity contribution in [1.29, 1.82) is 0 Å². The molecule has 0 amide bonds. The quantitative estimate of drug-likeness (QED) is 0.692. The van der Waals surface area contributed by atoms with Gasteiger partial charge in [-0.1, -0.05) is 59.9 Å². The van der Waals surface area contributed by atoms with E-state index in [9.17, 15) is 0 Å². The summed E-state index contributed by atoms with van der Waals surface area (Å²) in [5.41, 5.74) is 3.13. The Kier molecular flexibility index (Phi) is 8.02. The molecule has 0 aliphatic rings. The van der Waals surface area contributed by atoms with Gasteiger partial charge < -0.3 is 0 Å². The highest BCUT2D eigenvalue weighted by molar-refractivity contribution is 5.60. The summed E-state index contributed by atoms with van der Waals surface area (Å²) in [5.74, 6) is 1.34. The molecule has 1 atom stereocenters. The molecule has 0 aromatic carbocycles. The molecule has 100 valence electrons. The Labute approximate surface area is 113 Å². The molecule has 1 aromatic heterocycles. The molecule has 1 nitrogen and oxygen atoms in total. The zero-order valence-corrected chi connectivity index (χ0v) is 12.5. The summed E-state index contributed by atoms with van der Waals surface area (Å²) in [6.45, 7) is 18.3. The van der Waals surface area contributed by atoms with Crippen molar-refractivity contribution in [3.8, 4) is 0 Å². The molecule has 0 saturated carbocycles. The van der Waals surface area contributed by atoms with Crippen molar-refractivity contribution in [3.05, 3.63) is 42.2 Å². The minimum atomic E-state index is 0.653. The molecule has 0 radical (unpaired) electrons. The van der Waals surface area contributed by atoms with Crippen LogP contribution in [0.1, 0.15) is 51.6 Å². The van der Waals surface area contributed by atoms with Gasteiger partial charge in [0.25, 0.3) is 0 Å². The van der Waals surface area contributed by atoms with Crippen LogP contribution in [0.5, 0.6) is 0 Å². The van der Waals surface area contributed by atoms with Crippen LogP contribution in [0.3, 0.4) is 0 Å². The number of rotatable bonds is 5. The maximum Gasteiger partial charge on any atom is 0.0699 e. The van der Waals surface area contributed by atoms with Crippen molar-refractivity contribution in [2.45, 2.75) is 41.0 Å². The lowest BCUT2D eigenvalue weighted by Gasteiger charge is -2.15. The fourth-order valence-corrected chi connectivity index (χ4v) is 1.54. The fraction of sp³-hybridized carbons (Fsp3) is 0.471. The van der Waals surface area contributed by atoms with Gasteiger partial charge >= 0.3 is 0 Å². The van der Waals surface area contributed by atoms with Crippen LogP contribution in [0.15, 0.2) is 25.3 Å². The van der Waals surface area contributed by atoms with Crippen molar-refractivity contribution in [3.63, 3.8) is 0 Å². The van der Waals surface area contributed by atoms with Crippen molar-refractivity contribution < 1.29 is 0 Å². The Morgan fingerprint density at radius 1 is 1.11 bits per heavy atom. The molecule has 0 aliphatic heterocycles. The second kappa shape index (κ2) is 8.68. The van der Waals surface area contributed by atoms with Gasteiger partial charge in [0.05, 0.1) is 5.69 Å². The van der Waals surface area contributed by atoms with Crippen LogP contribution < -0.4 is 0 Å². The summed E-state index contributed by atoms with van der Waals surface area (Å²) < 4.78 is 0. The predicted molar refractivity (Wildman–Crippen MR) is 83.5 cm³/mol. The van der Waals surface area contributed by atoms with Crippen molar-refractivity contribution in [1.82, 2.24) is 4.98 Å². The third-order valence-electron chi connectivity index (χ3n) is 3.10. The molecule has 1 aromatic rings. The summed E-state index contributed by atoms with van der Waals surface area (Å²) in [6, 6.07) is 4.16. The molecule has 1 heteroatoms. The normalized spacial score (nSPS) is 11.4. The van der Waals surface area contributed by atoms with Gasteiger partial charge in [-0.3, -0.25) is 4.98 Å². The van der Waals surface area contributed by atoms with Crippen LogP contribution in [0.25, 0.3) is 12.2 Å². The third-order valence-corrected chi connectivity index (χ3v) is 3.10. The Balaban J connectivity index is 0.00000137. The highest BCUT2D eigenvalue weighted by atomic mass is 14.7. The highest BCUT2D eigenvalue weighted by Crippen LogP contribution is 2.17. The molecular weight excluding hydrogens is 218 g/mol. The van der Waals surface area contributed by atoms with Gasteiger partial charge in [0.15, 0.2) is 0 Å². The largest absolute Gasteiger partial charge is 0.253 e. The Morgan fingerprint density at radius 3 is 2.17 bits per heavy atom. The lowest BCUT2D eigenvalue weighted by Crippen LogP contribution is -2.09. The van der Waals surface area contributed by atoms with E-state index in [4.69, 9.17) is 0 Å². The van der Waals surface area contributed by atoms with Crippen molar-refractivity contribution in [2.24, 2.45) is 11.8 Å². The van der Waals surface area contributed by atoms with E-state index in [0.29, 0.717) is 11.8 Å². The number of nitrogens with zero attached hydrogens (tertiary/aromatic N) is 1. The van der Waals surface area contributed by atoms with E-state index in [-0.39, 0.29) is 0 Å². The first-order valence-electron chi connectivity index (χ1n) is 6.83. The van der Waals surface area contributed by atoms with Gasteiger partial charge in [0, 0.05) is 5.69 Å². The van der Waals surface area contributed by atoms with Crippen LogP contribution >= 0.6 is 0 Å². The molecule has 18 heavy (non-hydrogen) atoms. The molecule has 0 N–H and O–H groups in total. The van der Waals surface area contributed by atoms with E-state index in [2.05, 4.69) is 51.0 Å². The third kappa shape index (κ3) is 4.87. The molecule has 0 aliphatic carbocycles. The summed E-state index contributed by atoms with van der Waals surface area (Å²) in [4.78, 5) is 4.60. The molecule has 0 saturated heterocycles. The first-order valence-corrected chi connectivity index (χ1v) is 6.83. The van der Waals surface area contributed by atoms with Crippen molar-refractivity contribution >= 4 is 12.2 Å². The summed E-state index contributed by atoms with van der Waals surface area (Å²) in [7, 11) is 0. The Hall–Kier alpha value is -1.37. The van der Waals surface area contributed by atoms with Crippen LogP contribution in [0.2, 0.25) is 0 Å². The maximum absolute atomic E-state index is 4.60. The zero-order chi connectivity index (χ0) is 14.1. The van der Waals surface area contributed by atoms with Gasteiger partial charge in [-0.15, -0.1) is 0 Å². The van der Waals surface area contributed by atoms with Crippen molar-refractivity contribution in [2.75, 3.05) is 0 Å². The predicted octanol–water partition coefficient (Wildman–Crippen LogP) is 5.23. The fourth-order valence-electron chi connectivity index (χ4n) is 1.54. The highest BCUT2D eigenvalue weighted by Gasteiger charge is 2.09. The molecule has 0 bridgehead atoms. The van der Waals surface area contributed by atoms with E-state index >= 15 is 0 Å². The Morgan fingerprint density at radius 2 is 1.72 bits per heavy atom. The SMILES string of the molecule is C=Cc1ccc(CC(C)C(C)C)nc1C=C.CC. The van der Waals surface area contributed by atoms with Gasteiger partial charge in [-0.05, 0) is 36.0 Å². The van der Waals surface area contributed by atoms with E-state index < -0.39 is 0 Å². The topological polar surface area (TPSA) is 12.9 Å². The molecule has 1 unspecified atom stereocenters. The second-order valence-electron chi connectivity index (χ2n) is 4.61. The lowest BCUT2D eigenvalue weighted by atomic mass is 9.93. The monoisotopic (exact) mass is 245 g/mol. The minimum absolute atomic E-state index is 0.653. The minimum Gasteiger partial charge on any atom is -0.253 e. The van der Waals surface area contributed by atoms with Gasteiger partial charge in [-0.2, -0.15) is 0 Å². The summed E-state index contributed by atoms with van der Waals surface area (Å²) in [6.07, 6.45) is 4.64. The smallest absolute Gasteiger partial charge is 0.0699 e. The Bertz CT molecular complexity index is 377.